The molecule has 2 aromatic carbocycles. The topological polar surface area (TPSA) is 18.5 Å². The third-order valence-electron chi connectivity index (χ3n) is 3.40. The molecule has 0 saturated heterocycles. The zero-order chi connectivity index (χ0) is 13.9. The molecule has 0 spiro atoms. The number of fused-ring (bicyclic) bond motifs is 1. The van der Waals surface area contributed by atoms with Crippen LogP contribution in [0.5, 0.6) is 11.5 Å². The number of rotatable bonds is 3. The molecule has 0 amide bonds. The van der Waals surface area contributed by atoms with Gasteiger partial charge in [-0.25, -0.2) is 0 Å². The van der Waals surface area contributed by atoms with E-state index in [1.165, 1.54) is 11.1 Å². The van der Waals surface area contributed by atoms with Gasteiger partial charge in [-0.3, -0.25) is 0 Å². The lowest BCUT2D eigenvalue weighted by Gasteiger charge is -2.27. The molecule has 3 rings (SSSR count). The molecule has 0 bridgehead atoms. The predicted molar refractivity (Wildman–Crippen MR) is 84.6 cm³/mol. The summed E-state index contributed by atoms with van der Waals surface area (Å²) in [6, 6.07) is 16.2. The first kappa shape index (κ1) is 13.3. The third kappa shape index (κ3) is 2.46. The summed E-state index contributed by atoms with van der Waals surface area (Å²) >= 11 is 3.56. The molecular weight excluding hydrogens is 316 g/mol. The fraction of sp³-hybridized carbons (Fsp3) is 0.176. The molecular formula is C17H15BrO2. The quantitative estimate of drug-likeness (QED) is 0.765. The molecule has 20 heavy (non-hydrogen) atoms. The van der Waals surface area contributed by atoms with Crippen LogP contribution in [0.25, 0.3) is 6.08 Å². The van der Waals surface area contributed by atoms with Crippen LogP contribution < -0.4 is 9.47 Å². The second-order valence-electron chi connectivity index (χ2n) is 4.67. The van der Waals surface area contributed by atoms with Gasteiger partial charge < -0.3 is 9.47 Å². The van der Waals surface area contributed by atoms with Crippen molar-refractivity contribution < 1.29 is 9.47 Å². The summed E-state index contributed by atoms with van der Waals surface area (Å²) in [4.78, 5) is 0. The van der Waals surface area contributed by atoms with Crippen molar-refractivity contribution in [3.8, 4) is 11.5 Å². The average molecular weight is 331 g/mol. The van der Waals surface area contributed by atoms with Crippen LogP contribution in [0.4, 0.5) is 0 Å². The molecule has 1 atom stereocenters. The van der Waals surface area contributed by atoms with Gasteiger partial charge in [0, 0.05) is 10.9 Å². The molecule has 0 aromatic heterocycles. The van der Waals surface area contributed by atoms with Crippen molar-refractivity contribution in [3.05, 3.63) is 65.2 Å². The van der Waals surface area contributed by atoms with Gasteiger partial charge in [0.15, 0.2) is 0 Å². The molecule has 2 aromatic rings. The smallest absolute Gasteiger partial charge is 0.146 e. The second kappa shape index (κ2) is 5.71. The molecule has 1 aliphatic heterocycles. The fourth-order valence-electron chi connectivity index (χ4n) is 2.37. The Morgan fingerprint density at radius 1 is 1.15 bits per heavy atom. The molecule has 0 fully saturated rings. The van der Waals surface area contributed by atoms with Crippen molar-refractivity contribution in [2.45, 2.75) is 6.10 Å². The van der Waals surface area contributed by atoms with Gasteiger partial charge in [0.05, 0.1) is 7.11 Å². The van der Waals surface area contributed by atoms with Crippen LogP contribution in [-0.4, -0.2) is 12.4 Å². The van der Waals surface area contributed by atoms with E-state index in [9.17, 15) is 0 Å². The van der Waals surface area contributed by atoms with E-state index in [4.69, 9.17) is 9.47 Å². The lowest BCUT2D eigenvalue weighted by atomic mass is 9.97. The number of ether oxygens (including phenoxy) is 2. The first-order chi connectivity index (χ1) is 9.81. The van der Waals surface area contributed by atoms with E-state index in [0.717, 1.165) is 22.4 Å². The van der Waals surface area contributed by atoms with Crippen LogP contribution in [0.1, 0.15) is 17.2 Å². The summed E-state index contributed by atoms with van der Waals surface area (Å²) in [7, 11) is 1.67. The highest BCUT2D eigenvalue weighted by Crippen LogP contribution is 2.39. The standard InChI is InChI=1S/C17H15BrO2/c1-19-15-7-8-16-13(10-15)9-14(11-18)17(20-16)12-5-3-2-4-6-12/h2-10,17H,11H2,1H3. The molecule has 0 saturated carbocycles. The van der Waals surface area contributed by atoms with Gasteiger partial charge in [0.25, 0.3) is 0 Å². The number of benzene rings is 2. The summed E-state index contributed by atoms with van der Waals surface area (Å²) in [6.45, 7) is 0. The van der Waals surface area contributed by atoms with Crippen LogP contribution in [0.2, 0.25) is 0 Å². The second-order valence-corrected chi connectivity index (χ2v) is 5.23. The normalized spacial score (nSPS) is 16.9. The van der Waals surface area contributed by atoms with Gasteiger partial charge in [-0.15, -0.1) is 0 Å². The molecule has 0 radical (unpaired) electrons. The summed E-state index contributed by atoms with van der Waals surface area (Å²) in [6.07, 6.45) is 2.14. The number of alkyl halides is 1. The molecule has 1 heterocycles. The van der Waals surface area contributed by atoms with Crippen LogP contribution in [0.3, 0.4) is 0 Å². The third-order valence-corrected chi connectivity index (χ3v) is 4.04. The number of methoxy groups -OCH3 is 1. The van der Waals surface area contributed by atoms with Gasteiger partial charge in [-0.2, -0.15) is 0 Å². The molecule has 0 aliphatic carbocycles. The van der Waals surface area contributed by atoms with E-state index in [0.29, 0.717) is 0 Å². The Bertz CT molecular complexity index is 635. The van der Waals surface area contributed by atoms with Crippen molar-refractivity contribution in [1.29, 1.82) is 0 Å². The highest BCUT2D eigenvalue weighted by Gasteiger charge is 2.23. The first-order valence-corrected chi connectivity index (χ1v) is 7.60. The van der Waals surface area contributed by atoms with Crippen molar-refractivity contribution in [3.63, 3.8) is 0 Å². The minimum Gasteiger partial charge on any atom is -0.497 e. The summed E-state index contributed by atoms with van der Waals surface area (Å²) in [5.41, 5.74) is 3.43. The zero-order valence-corrected chi connectivity index (χ0v) is 12.8. The van der Waals surface area contributed by atoms with E-state index in [1.54, 1.807) is 7.11 Å². The maximum absolute atomic E-state index is 6.17. The Balaban J connectivity index is 2.02. The molecule has 1 unspecified atom stereocenters. The first-order valence-electron chi connectivity index (χ1n) is 6.48. The summed E-state index contributed by atoms with van der Waals surface area (Å²) in [5, 5.41) is 0.781. The van der Waals surface area contributed by atoms with Gasteiger partial charge in [-0.05, 0) is 35.4 Å². The van der Waals surface area contributed by atoms with Gasteiger partial charge in [0.2, 0.25) is 0 Å². The number of hydrogen-bond donors (Lipinski definition) is 0. The number of hydrogen-bond acceptors (Lipinski definition) is 2. The highest BCUT2D eigenvalue weighted by atomic mass is 79.9. The molecule has 2 nitrogen and oxygen atoms in total. The minimum absolute atomic E-state index is 0.0310. The minimum atomic E-state index is -0.0310. The Kier molecular flexibility index (Phi) is 3.79. The highest BCUT2D eigenvalue weighted by molar-refractivity contribution is 9.09. The van der Waals surface area contributed by atoms with Crippen LogP contribution in [0, 0.1) is 0 Å². The monoisotopic (exact) mass is 330 g/mol. The predicted octanol–water partition coefficient (Wildman–Crippen LogP) is 4.61. The maximum atomic E-state index is 6.17. The Morgan fingerprint density at radius 3 is 2.65 bits per heavy atom. The van der Waals surface area contributed by atoms with Crippen LogP contribution in [0.15, 0.2) is 54.1 Å². The molecule has 1 aliphatic rings. The van der Waals surface area contributed by atoms with E-state index in [2.05, 4.69) is 34.1 Å². The van der Waals surface area contributed by atoms with Crippen molar-refractivity contribution in [2.24, 2.45) is 0 Å². The zero-order valence-electron chi connectivity index (χ0n) is 11.2. The lowest BCUT2D eigenvalue weighted by Crippen LogP contribution is -2.15. The van der Waals surface area contributed by atoms with Gasteiger partial charge >= 0.3 is 0 Å². The molecule has 102 valence electrons. The fourth-order valence-corrected chi connectivity index (χ4v) is 2.83. The van der Waals surface area contributed by atoms with E-state index in [1.807, 2.05) is 36.4 Å². The Morgan fingerprint density at radius 2 is 1.95 bits per heavy atom. The van der Waals surface area contributed by atoms with Crippen LogP contribution >= 0.6 is 15.9 Å². The van der Waals surface area contributed by atoms with Gasteiger partial charge in [-0.1, -0.05) is 46.3 Å². The SMILES string of the molecule is COc1ccc2c(c1)C=C(CBr)C(c1ccccc1)O2. The maximum Gasteiger partial charge on any atom is 0.146 e. The van der Waals surface area contributed by atoms with Gasteiger partial charge in [0.1, 0.15) is 17.6 Å². The Hall–Kier alpha value is -1.74. The largest absolute Gasteiger partial charge is 0.497 e. The summed E-state index contributed by atoms with van der Waals surface area (Å²) < 4.78 is 11.4. The Labute approximate surface area is 127 Å². The van der Waals surface area contributed by atoms with Crippen molar-refractivity contribution >= 4 is 22.0 Å². The molecule has 0 N–H and O–H groups in total. The lowest BCUT2D eigenvalue weighted by molar-refractivity contribution is 0.239. The van der Waals surface area contributed by atoms with Crippen molar-refractivity contribution in [2.75, 3.05) is 12.4 Å². The van der Waals surface area contributed by atoms with Crippen molar-refractivity contribution in [1.82, 2.24) is 0 Å². The number of halogens is 1. The van der Waals surface area contributed by atoms with Crippen LogP contribution in [-0.2, 0) is 0 Å². The molecule has 3 heteroatoms. The van der Waals surface area contributed by atoms with E-state index in [-0.39, 0.29) is 6.10 Å². The summed E-state index contributed by atoms with van der Waals surface area (Å²) in [5.74, 6) is 1.74. The van der Waals surface area contributed by atoms with E-state index < -0.39 is 0 Å². The van der Waals surface area contributed by atoms with E-state index >= 15 is 0 Å². The average Bonchev–Trinajstić information content (AvgIpc) is 2.53.